The van der Waals surface area contributed by atoms with Gasteiger partial charge in [-0.2, -0.15) is 16.7 Å². The van der Waals surface area contributed by atoms with Crippen LogP contribution in [0.4, 0.5) is 11.8 Å². The minimum Gasteiger partial charge on any atom is -0.355 e. The predicted molar refractivity (Wildman–Crippen MR) is 110 cm³/mol. The van der Waals surface area contributed by atoms with Crippen LogP contribution in [0.25, 0.3) is 0 Å². The molecule has 1 fully saturated rings. The molecule has 0 atom stereocenters. The molecule has 2 aromatic rings. The van der Waals surface area contributed by atoms with Crippen LogP contribution in [0.15, 0.2) is 30.3 Å². The Bertz CT molecular complexity index is 716. The van der Waals surface area contributed by atoms with Gasteiger partial charge in [0.05, 0.1) is 5.69 Å². The number of hydrogen-bond donors (Lipinski definition) is 2. The number of aromatic nitrogens is 2. The third-order valence-corrected chi connectivity index (χ3v) is 5.95. The second-order valence-corrected chi connectivity index (χ2v) is 8.03. The van der Waals surface area contributed by atoms with Crippen LogP contribution < -0.4 is 15.5 Å². The molecule has 0 aliphatic carbocycles. The zero-order valence-electron chi connectivity index (χ0n) is 15.2. The largest absolute Gasteiger partial charge is 0.355 e. The van der Waals surface area contributed by atoms with Crippen molar-refractivity contribution in [2.45, 2.75) is 19.3 Å². The molecule has 6 heteroatoms. The van der Waals surface area contributed by atoms with E-state index in [1.807, 2.05) is 11.8 Å². The molecule has 2 aliphatic rings. The summed E-state index contributed by atoms with van der Waals surface area (Å²) >= 11 is 2.04. The number of hydrogen-bond acceptors (Lipinski definition) is 6. The summed E-state index contributed by atoms with van der Waals surface area (Å²) in [6.45, 7) is 5.06. The van der Waals surface area contributed by atoms with Gasteiger partial charge in [-0.05, 0) is 24.9 Å². The van der Waals surface area contributed by atoms with Crippen LogP contribution in [0.1, 0.15) is 16.8 Å². The summed E-state index contributed by atoms with van der Waals surface area (Å²) in [5.41, 5.74) is 3.92. The second-order valence-electron chi connectivity index (χ2n) is 6.81. The lowest BCUT2D eigenvalue weighted by Crippen LogP contribution is -2.34. The molecular formula is C20H27N5S. The molecule has 1 saturated heterocycles. The van der Waals surface area contributed by atoms with Crippen molar-refractivity contribution in [3.63, 3.8) is 0 Å². The van der Waals surface area contributed by atoms with E-state index in [9.17, 15) is 0 Å². The SMILES string of the molecule is c1ccc(CCNc2nc3c(c(N4CCSCC4)n2)CCNCC3)cc1. The predicted octanol–water partition coefficient (Wildman–Crippen LogP) is 2.37. The van der Waals surface area contributed by atoms with E-state index in [-0.39, 0.29) is 0 Å². The minimum atomic E-state index is 0.787. The molecule has 0 saturated carbocycles. The highest BCUT2D eigenvalue weighted by Crippen LogP contribution is 2.27. The first-order chi connectivity index (χ1) is 12.9. The van der Waals surface area contributed by atoms with E-state index in [0.717, 1.165) is 57.9 Å². The second kappa shape index (κ2) is 8.73. The Morgan fingerprint density at radius 1 is 1.04 bits per heavy atom. The summed E-state index contributed by atoms with van der Waals surface area (Å²) in [7, 11) is 0. The molecule has 2 aliphatic heterocycles. The fourth-order valence-corrected chi connectivity index (χ4v) is 4.51. The number of nitrogens with zero attached hydrogens (tertiary/aromatic N) is 3. The van der Waals surface area contributed by atoms with Gasteiger partial charge in [-0.1, -0.05) is 30.3 Å². The zero-order valence-corrected chi connectivity index (χ0v) is 16.0. The molecular weight excluding hydrogens is 342 g/mol. The van der Waals surface area contributed by atoms with Gasteiger partial charge in [-0.3, -0.25) is 0 Å². The molecule has 1 aromatic heterocycles. The Labute approximate surface area is 160 Å². The van der Waals surface area contributed by atoms with E-state index in [1.165, 1.54) is 34.1 Å². The molecule has 3 heterocycles. The first-order valence-corrected chi connectivity index (χ1v) is 10.8. The normalized spacial score (nSPS) is 17.5. The van der Waals surface area contributed by atoms with Crippen LogP contribution in [-0.4, -0.2) is 54.2 Å². The highest BCUT2D eigenvalue weighted by Gasteiger charge is 2.22. The van der Waals surface area contributed by atoms with Gasteiger partial charge in [-0.25, -0.2) is 4.98 Å². The van der Waals surface area contributed by atoms with Gasteiger partial charge in [0.15, 0.2) is 0 Å². The average Bonchev–Trinajstić information content (AvgIpc) is 2.94. The summed E-state index contributed by atoms with van der Waals surface area (Å²) in [4.78, 5) is 12.3. The first-order valence-electron chi connectivity index (χ1n) is 9.61. The summed E-state index contributed by atoms with van der Waals surface area (Å²) in [5, 5.41) is 6.97. The zero-order chi connectivity index (χ0) is 17.6. The quantitative estimate of drug-likeness (QED) is 0.844. The Balaban J connectivity index is 1.53. The van der Waals surface area contributed by atoms with E-state index in [2.05, 4.69) is 45.9 Å². The molecule has 4 rings (SSSR count). The molecule has 2 N–H and O–H groups in total. The van der Waals surface area contributed by atoms with Crippen LogP contribution in [0, 0.1) is 0 Å². The maximum absolute atomic E-state index is 4.95. The number of anilines is 2. The lowest BCUT2D eigenvalue weighted by molar-refractivity contribution is 0.708. The smallest absolute Gasteiger partial charge is 0.224 e. The maximum Gasteiger partial charge on any atom is 0.224 e. The molecule has 0 bridgehead atoms. The lowest BCUT2D eigenvalue weighted by atomic mass is 10.1. The Hall–Kier alpha value is -1.79. The van der Waals surface area contributed by atoms with Crippen molar-refractivity contribution in [2.75, 3.05) is 54.4 Å². The molecule has 26 heavy (non-hydrogen) atoms. The van der Waals surface area contributed by atoms with Crippen LogP contribution >= 0.6 is 11.8 Å². The van der Waals surface area contributed by atoms with Crippen molar-refractivity contribution >= 4 is 23.5 Å². The maximum atomic E-state index is 4.95. The molecule has 0 amide bonds. The van der Waals surface area contributed by atoms with Crippen molar-refractivity contribution in [3.05, 3.63) is 47.2 Å². The van der Waals surface area contributed by atoms with Crippen molar-refractivity contribution in [1.29, 1.82) is 0 Å². The van der Waals surface area contributed by atoms with E-state index in [4.69, 9.17) is 9.97 Å². The Morgan fingerprint density at radius 2 is 1.85 bits per heavy atom. The monoisotopic (exact) mass is 369 g/mol. The third-order valence-electron chi connectivity index (χ3n) is 5.01. The van der Waals surface area contributed by atoms with E-state index in [0.29, 0.717) is 0 Å². The molecule has 0 radical (unpaired) electrons. The van der Waals surface area contributed by atoms with E-state index >= 15 is 0 Å². The molecule has 1 aromatic carbocycles. The van der Waals surface area contributed by atoms with Gasteiger partial charge in [0.25, 0.3) is 0 Å². The first kappa shape index (κ1) is 17.6. The highest BCUT2D eigenvalue weighted by molar-refractivity contribution is 7.99. The van der Waals surface area contributed by atoms with Gasteiger partial charge in [0.1, 0.15) is 5.82 Å². The van der Waals surface area contributed by atoms with Gasteiger partial charge >= 0.3 is 0 Å². The van der Waals surface area contributed by atoms with Crippen molar-refractivity contribution < 1.29 is 0 Å². The van der Waals surface area contributed by atoms with E-state index < -0.39 is 0 Å². The van der Waals surface area contributed by atoms with Crippen molar-refractivity contribution in [3.8, 4) is 0 Å². The fraction of sp³-hybridized carbons (Fsp3) is 0.500. The highest BCUT2D eigenvalue weighted by atomic mass is 32.2. The van der Waals surface area contributed by atoms with Crippen LogP contribution in [-0.2, 0) is 19.3 Å². The number of thioether (sulfide) groups is 1. The van der Waals surface area contributed by atoms with Gasteiger partial charge in [0, 0.05) is 49.7 Å². The number of fused-ring (bicyclic) bond motifs is 1. The van der Waals surface area contributed by atoms with Gasteiger partial charge < -0.3 is 15.5 Å². The fourth-order valence-electron chi connectivity index (χ4n) is 3.60. The topological polar surface area (TPSA) is 53.1 Å². The van der Waals surface area contributed by atoms with Gasteiger partial charge in [0.2, 0.25) is 5.95 Å². The van der Waals surface area contributed by atoms with Crippen molar-refractivity contribution in [1.82, 2.24) is 15.3 Å². The summed E-state index contributed by atoms with van der Waals surface area (Å²) in [5.74, 6) is 4.33. The summed E-state index contributed by atoms with van der Waals surface area (Å²) < 4.78 is 0. The number of rotatable bonds is 5. The number of nitrogens with one attached hydrogen (secondary N) is 2. The third kappa shape index (κ3) is 4.30. The Kier molecular flexibility index (Phi) is 5.92. The summed E-state index contributed by atoms with van der Waals surface area (Å²) in [6.07, 6.45) is 3.00. The van der Waals surface area contributed by atoms with Gasteiger partial charge in [-0.15, -0.1) is 0 Å². The number of benzene rings is 1. The lowest BCUT2D eigenvalue weighted by Gasteiger charge is -2.30. The van der Waals surface area contributed by atoms with Crippen LogP contribution in [0.2, 0.25) is 0 Å². The van der Waals surface area contributed by atoms with Crippen LogP contribution in [0.3, 0.4) is 0 Å². The van der Waals surface area contributed by atoms with Crippen LogP contribution in [0.5, 0.6) is 0 Å². The molecule has 138 valence electrons. The Morgan fingerprint density at radius 3 is 2.69 bits per heavy atom. The average molecular weight is 370 g/mol. The van der Waals surface area contributed by atoms with E-state index in [1.54, 1.807) is 0 Å². The molecule has 5 nitrogen and oxygen atoms in total. The minimum absolute atomic E-state index is 0.787. The van der Waals surface area contributed by atoms with Crippen molar-refractivity contribution in [2.24, 2.45) is 0 Å². The molecule has 0 spiro atoms. The standard InChI is InChI=1S/C20H27N5S/c1-2-4-16(5-3-1)6-11-22-20-23-18-8-10-21-9-7-17(18)19(24-20)25-12-14-26-15-13-25/h1-5,21H,6-15H2,(H,22,23,24). The molecule has 0 unspecified atom stereocenters. The summed E-state index contributed by atoms with van der Waals surface area (Å²) in [6, 6.07) is 10.6.